The number of hydrogen-bond donors (Lipinski definition) is 1. The Balaban J connectivity index is 2.56. The van der Waals surface area contributed by atoms with Gasteiger partial charge in [0.15, 0.2) is 0 Å². The maximum absolute atomic E-state index is 12.2. The highest BCUT2D eigenvalue weighted by Gasteiger charge is 2.31. The van der Waals surface area contributed by atoms with Crippen molar-refractivity contribution >= 4 is 17.7 Å². The van der Waals surface area contributed by atoms with E-state index in [1.807, 2.05) is 11.2 Å². The van der Waals surface area contributed by atoms with Crippen LogP contribution in [-0.2, 0) is 4.79 Å². The van der Waals surface area contributed by atoms with E-state index >= 15 is 0 Å². The molecule has 0 aromatic heterocycles. The summed E-state index contributed by atoms with van der Waals surface area (Å²) in [5.41, 5.74) is 5.95. The van der Waals surface area contributed by atoms with Crippen molar-refractivity contribution in [3.8, 4) is 0 Å². The predicted octanol–water partition coefficient (Wildman–Crippen LogP) is 1.86. The molecule has 1 fully saturated rings. The van der Waals surface area contributed by atoms with Crippen molar-refractivity contribution in [1.29, 1.82) is 0 Å². The van der Waals surface area contributed by atoms with Gasteiger partial charge < -0.3 is 10.6 Å². The zero-order valence-electron chi connectivity index (χ0n) is 10.6. The Hall–Kier alpha value is -0.220. The molecule has 1 rings (SSSR count). The van der Waals surface area contributed by atoms with Crippen LogP contribution >= 0.6 is 11.8 Å². The van der Waals surface area contributed by atoms with E-state index in [1.165, 1.54) is 6.42 Å². The molecule has 94 valence electrons. The molecule has 1 aliphatic rings. The molecule has 3 atom stereocenters. The summed E-state index contributed by atoms with van der Waals surface area (Å²) in [5, 5.41) is 0. The number of nitrogens with zero attached hydrogens (tertiary/aromatic N) is 1. The molecule has 4 heteroatoms. The molecule has 0 aromatic carbocycles. The third-order valence-electron chi connectivity index (χ3n) is 3.40. The molecule has 16 heavy (non-hydrogen) atoms. The molecule has 0 spiro atoms. The number of hydrogen-bond acceptors (Lipinski definition) is 3. The van der Waals surface area contributed by atoms with Crippen LogP contribution in [0, 0.1) is 0 Å². The van der Waals surface area contributed by atoms with Crippen LogP contribution in [-0.4, -0.2) is 40.9 Å². The van der Waals surface area contributed by atoms with Gasteiger partial charge in [-0.05, 0) is 51.5 Å². The van der Waals surface area contributed by atoms with Gasteiger partial charge in [-0.1, -0.05) is 0 Å². The largest absolute Gasteiger partial charge is 0.336 e. The lowest BCUT2D eigenvalue weighted by Crippen LogP contribution is -2.53. The van der Waals surface area contributed by atoms with E-state index in [1.54, 1.807) is 11.8 Å². The molecule has 0 radical (unpaired) electrons. The van der Waals surface area contributed by atoms with Crippen molar-refractivity contribution in [2.45, 2.75) is 57.7 Å². The summed E-state index contributed by atoms with van der Waals surface area (Å²) in [5.74, 6) is 1.11. The van der Waals surface area contributed by atoms with Gasteiger partial charge in [0.1, 0.15) is 0 Å². The van der Waals surface area contributed by atoms with Crippen molar-refractivity contribution in [2.24, 2.45) is 5.73 Å². The second kappa shape index (κ2) is 6.50. The van der Waals surface area contributed by atoms with E-state index < -0.39 is 0 Å². The minimum absolute atomic E-state index is 0.147. The van der Waals surface area contributed by atoms with Gasteiger partial charge in [0.25, 0.3) is 0 Å². The normalized spacial score (nSPS) is 27.9. The Labute approximate surface area is 103 Å². The molecule has 0 saturated carbocycles. The van der Waals surface area contributed by atoms with Crippen LogP contribution in [0.2, 0.25) is 0 Å². The molecular weight excluding hydrogens is 220 g/mol. The van der Waals surface area contributed by atoms with Gasteiger partial charge in [0, 0.05) is 12.1 Å². The first-order chi connectivity index (χ1) is 7.57. The first kappa shape index (κ1) is 13.8. The number of nitrogens with two attached hydrogens (primary N) is 1. The first-order valence-corrected chi connectivity index (χ1v) is 7.54. The molecule has 1 heterocycles. The van der Waals surface area contributed by atoms with E-state index in [4.69, 9.17) is 5.73 Å². The molecule has 2 unspecified atom stereocenters. The third-order valence-corrected chi connectivity index (χ3v) is 4.04. The van der Waals surface area contributed by atoms with Gasteiger partial charge in [0.05, 0.1) is 6.04 Å². The van der Waals surface area contributed by atoms with E-state index in [0.29, 0.717) is 12.1 Å². The third kappa shape index (κ3) is 3.39. The second-order valence-electron chi connectivity index (χ2n) is 4.76. The lowest BCUT2D eigenvalue weighted by molar-refractivity contribution is -0.138. The number of carbonyl (C=O) groups excluding carboxylic acids is 1. The average Bonchev–Trinajstić information content (AvgIpc) is 2.25. The van der Waals surface area contributed by atoms with Gasteiger partial charge in [-0.3, -0.25) is 4.79 Å². The Morgan fingerprint density at radius 1 is 1.44 bits per heavy atom. The lowest BCUT2D eigenvalue weighted by atomic mass is 9.96. The molecular formula is C12H24N2OS. The lowest BCUT2D eigenvalue weighted by Gasteiger charge is -2.40. The second-order valence-corrected chi connectivity index (χ2v) is 5.75. The molecule has 0 bridgehead atoms. The molecule has 3 nitrogen and oxygen atoms in total. The van der Waals surface area contributed by atoms with Gasteiger partial charge in [-0.2, -0.15) is 11.8 Å². The minimum Gasteiger partial charge on any atom is -0.336 e. The van der Waals surface area contributed by atoms with Crippen LogP contribution in [0.15, 0.2) is 0 Å². The molecule has 1 aliphatic heterocycles. The summed E-state index contributed by atoms with van der Waals surface area (Å²) in [6, 6.07) is 0.406. The molecule has 0 aliphatic carbocycles. The Bertz CT molecular complexity index is 225. The number of thioether (sulfide) groups is 1. The van der Waals surface area contributed by atoms with Crippen molar-refractivity contribution in [1.82, 2.24) is 4.90 Å². The molecule has 1 amide bonds. The summed E-state index contributed by atoms with van der Waals surface area (Å²) >= 11 is 1.74. The van der Waals surface area contributed by atoms with Crippen LogP contribution in [0.1, 0.15) is 39.5 Å². The topological polar surface area (TPSA) is 46.3 Å². The van der Waals surface area contributed by atoms with E-state index in [9.17, 15) is 4.79 Å². The quantitative estimate of drug-likeness (QED) is 0.821. The molecule has 2 N–H and O–H groups in total. The summed E-state index contributed by atoms with van der Waals surface area (Å²) in [7, 11) is 0. The standard InChI is InChI=1S/C12H24N2OS/c1-9-5-4-6-10(2)14(9)12(15)11(13)7-8-16-3/h9-11H,4-8,13H2,1-3H3/t9?,10?,11-/m1/s1. The van der Waals surface area contributed by atoms with Crippen molar-refractivity contribution in [3.63, 3.8) is 0 Å². The molecule has 1 saturated heterocycles. The van der Waals surface area contributed by atoms with Crippen LogP contribution in [0.3, 0.4) is 0 Å². The van der Waals surface area contributed by atoms with Gasteiger partial charge in [-0.25, -0.2) is 0 Å². The Morgan fingerprint density at radius 3 is 2.50 bits per heavy atom. The summed E-state index contributed by atoms with van der Waals surface area (Å²) in [6.45, 7) is 4.27. The summed E-state index contributed by atoms with van der Waals surface area (Å²) < 4.78 is 0. The SMILES string of the molecule is CSCC[C@@H](N)C(=O)N1C(C)CCCC1C. The Kier molecular flexibility index (Phi) is 5.62. The van der Waals surface area contributed by atoms with E-state index in [2.05, 4.69) is 13.8 Å². The highest BCUT2D eigenvalue weighted by atomic mass is 32.2. The van der Waals surface area contributed by atoms with Crippen LogP contribution in [0.25, 0.3) is 0 Å². The highest BCUT2D eigenvalue weighted by molar-refractivity contribution is 7.98. The zero-order valence-corrected chi connectivity index (χ0v) is 11.4. The van der Waals surface area contributed by atoms with Crippen LogP contribution < -0.4 is 5.73 Å². The fourth-order valence-electron chi connectivity index (χ4n) is 2.42. The number of rotatable bonds is 4. The smallest absolute Gasteiger partial charge is 0.239 e. The monoisotopic (exact) mass is 244 g/mol. The van der Waals surface area contributed by atoms with E-state index in [-0.39, 0.29) is 11.9 Å². The molecule has 0 aromatic rings. The Morgan fingerprint density at radius 2 is 2.00 bits per heavy atom. The number of amides is 1. The number of likely N-dealkylation sites (tertiary alicyclic amines) is 1. The number of piperidine rings is 1. The van der Waals surface area contributed by atoms with Crippen LogP contribution in [0.4, 0.5) is 0 Å². The number of carbonyl (C=O) groups is 1. The average molecular weight is 244 g/mol. The van der Waals surface area contributed by atoms with Crippen molar-refractivity contribution in [2.75, 3.05) is 12.0 Å². The zero-order chi connectivity index (χ0) is 12.1. The first-order valence-electron chi connectivity index (χ1n) is 6.14. The predicted molar refractivity (Wildman–Crippen MR) is 70.6 cm³/mol. The maximum atomic E-state index is 12.2. The fraction of sp³-hybridized carbons (Fsp3) is 0.917. The van der Waals surface area contributed by atoms with Crippen molar-refractivity contribution < 1.29 is 4.79 Å². The fourth-order valence-corrected chi connectivity index (χ4v) is 2.91. The van der Waals surface area contributed by atoms with Crippen molar-refractivity contribution in [3.05, 3.63) is 0 Å². The van der Waals surface area contributed by atoms with Gasteiger partial charge in [0.2, 0.25) is 5.91 Å². The van der Waals surface area contributed by atoms with Gasteiger partial charge >= 0.3 is 0 Å². The summed E-state index contributed by atoms with van der Waals surface area (Å²) in [4.78, 5) is 14.2. The van der Waals surface area contributed by atoms with Crippen LogP contribution in [0.5, 0.6) is 0 Å². The van der Waals surface area contributed by atoms with E-state index in [0.717, 1.165) is 25.0 Å². The summed E-state index contributed by atoms with van der Waals surface area (Å²) in [6.07, 6.45) is 6.29. The van der Waals surface area contributed by atoms with Gasteiger partial charge in [-0.15, -0.1) is 0 Å². The maximum Gasteiger partial charge on any atom is 0.239 e. The minimum atomic E-state index is -0.310. The highest BCUT2D eigenvalue weighted by Crippen LogP contribution is 2.23.